The van der Waals surface area contributed by atoms with Crippen molar-refractivity contribution < 1.29 is 4.79 Å². The zero-order chi connectivity index (χ0) is 12.3. The lowest BCUT2D eigenvalue weighted by atomic mass is 10.3. The minimum atomic E-state index is 0.118. The van der Waals surface area contributed by atoms with Crippen molar-refractivity contribution in [1.82, 2.24) is 15.5 Å². The molecule has 0 unspecified atom stereocenters. The average molecular weight is 259 g/mol. The number of thioether (sulfide) groups is 1. The molecule has 0 aromatic rings. The maximum Gasteiger partial charge on any atom is 0.233 e. The summed E-state index contributed by atoms with van der Waals surface area (Å²) >= 11 is 2.03. The summed E-state index contributed by atoms with van der Waals surface area (Å²) < 4.78 is 0. The van der Waals surface area contributed by atoms with Crippen molar-refractivity contribution in [3.63, 3.8) is 0 Å². The minimum Gasteiger partial charge on any atom is -0.355 e. The number of nitrogens with one attached hydrogen (secondary N) is 2. The van der Waals surface area contributed by atoms with E-state index in [1.165, 1.54) is 24.6 Å². The van der Waals surface area contributed by atoms with Gasteiger partial charge in [0.2, 0.25) is 5.91 Å². The molecular weight excluding hydrogens is 234 g/mol. The fourth-order valence-corrected chi connectivity index (χ4v) is 2.71. The van der Waals surface area contributed by atoms with Gasteiger partial charge in [-0.25, -0.2) is 0 Å². The lowest BCUT2D eigenvalue weighted by Gasteiger charge is -2.25. The van der Waals surface area contributed by atoms with Gasteiger partial charge in [-0.2, -0.15) is 11.8 Å². The van der Waals surface area contributed by atoms with E-state index in [9.17, 15) is 4.79 Å². The fraction of sp³-hybridized carbons (Fsp3) is 0.917. The molecule has 0 radical (unpaired) electrons. The van der Waals surface area contributed by atoms with Crippen LogP contribution in [0.25, 0.3) is 0 Å². The van der Waals surface area contributed by atoms with Crippen LogP contribution in [0.4, 0.5) is 0 Å². The number of hydrogen-bond donors (Lipinski definition) is 2. The lowest BCUT2D eigenvalue weighted by Crippen LogP contribution is -2.40. The first-order valence-electron chi connectivity index (χ1n) is 6.60. The maximum absolute atomic E-state index is 11.4. The Bertz CT molecular complexity index is 208. The summed E-state index contributed by atoms with van der Waals surface area (Å²) in [5.41, 5.74) is 0. The molecule has 0 aromatic carbocycles. The first-order chi connectivity index (χ1) is 8.33. The Hall–Kier alpha value is -0.260. The smallest absolute Gasteiger partial charge is 0.233 e. The zero-order valence-electron chi connectivity index (χ0n) is 10.8. The van der Waals surface area contributed by atoms with Gasteiger partial charge >= 0.3 is 0 Å². The fourth-order valence-electron chi connectivity index (χ4n) is 1.73. The van der Waals surface area contributed by atoms with Gasteiger partial charge in [0.1, 0.15) is 0 Å². The monoisotopic (exact) mass is 259 g/mol. The minimum absolute atomic E-state index is 0.118. The molecule has 0 aliphatic carbocycles. The third-order valence-electron chi connectivity index (χ3n) is 2.85. The van der Waals surface area contributed by atoms with Crippen LogP contribution in [0.5, 0.6) is 0 Å². The molecule has 1 heterocycles. The Morgan fingerprint density at radius 3 is 2.76 bits per heavy atom. The Labute approximate surface area is 109 Å². The summed E-state index contributed by atoms with van der Waals surface area (Å²) in [5.74, 6) is 2.61. The number of unbranched alkanes of at least 4 members (excludes halogenated alkanes) is 1. The van der Waals surface area contributed by atoms with E-state index < -0.39 is 0 Å². The van der Waals surface area contributed by atoms with Crippen molar-refractivity contribution in [3.05, 3.63) is 0 Å². The topological polar surface area (TPSA) is 44.4 Å². The number of rotatable bonds is 8. The van der Waals surface area contributed by atoms with Crippen LogP contribution < -0.4 is 10.6 Å². The van der Waals surface area contributed by atoms with Crippen molar-refractivity contribution in [2.45, 2.75) is 19.8 Å². The van der Waals surface area contributed by atoms with Gasteiger partial charge in [0, 0.05) is 44.2 Å². The molecule has 0 spiro atoms. The van der Waals surface area contributed by atoms with E-state index in [0.29, 0.717) is 6.54 Å². The number of nitrogens with zero attached hydrogens (tertiary/aromatic N) is 1. The Balaban J connectivity index is 1.90. The van der Waals surface area contributed by atoms with Crippen LogP contribution in [0.1, 0.15) is 19.8 Å². The van der Waals surface area contributed by atoms with Gasteiger partial charge in [-0.1, -0.05) is 13.3 Å². The molecule has 1 rings (SSSR count). The van der Waals surface area contributed by atoms with Gasteiger partial charge in [-0.05, 0) is 6.42 Å². The van der Waals surface area contributed by atoms with Crippen LogP contribution >= 0.6 is 11.8 Å². The van der Waals surface area contributed by atoms with Crippen LogP contribution in [0.15, 0.2) is 0 Å². The molecule has 5 heteroatoms. The average Bonchev–Trinajstić information content (AvgIpc) is 2.36. The summed E-state index contributed by atoms with van der Waals surface area (Å²) in [6.45, 7) is 7.73. The lowest BCUT2D eigenvalue weighted by molar-refractivity contribution is -0.120. The molecule has 1 aliphatic rings. The van der Waals surface area contributed by atoms with Gasteiger partial charge in [0.15, 0.2) is 0 Å². The Morgan fingerprint density at radius 2 is 2.06 bits per heavy atom. The number of carbonyl (C=O) groups is 1. The quantitative estimate of drug-likeness (QED) is 0.625. The summed E-state index contributed by atoms with van der Waals surface area (Å²) in [7, 11) is 0. The SMILES string of the molecule is CCCCNC(=O)CNCCN1CCSCC1. The van der Waals surface area contributed by atoms with Crippen LogP contribution in [-0.4, -0.2) is 61.6 Å². The summed E-state index contributed by atoms with van der Waals surface area (Å²) in [6.07, 6.45) is 2.19. The van der Waals surface area contributed by atoms with Gasteiger partial charge in [-0.3, -0.25) is 4.79 Å². The zero-order valence-corrected chi connectivity index (χ0v) is 11.7. The second-order valence-corrected chi connectivity index (χ2v) is 5.56. The van der Waals surface area contributed by atoms with Crippen LogP contribution in [0.2, 0.25) is 0 Å². The first-order valence-corrected chi connectivity index (χ1v) is 7.76. The van der Waals surface area contributed by atoms with Crippen LogP contribution in [-0.2, 0) is 4.79 Å². The normalized spacial score (nSPS) is 17.0. The molecule has 4 nitrogen and oxygen atoms in total. The highest BCUT2D eigenvalue weighted by Gasteiger charge is 2.09. The first kappa shape index (κ1) is 14.8. The summed E-state index contributed by atoms with van der Waals surface area (Å²) in [5, 5.41) is 6.10. The van der Waals surface area contributed by atoms with Crippen molar-refractivity contribution in [1.29, 1.82) is 0 Å². The highest BCUT2D eigenvalue weighted by Crippen LogP contribution is 2.07. The van der Waals surface area contributed by atoms with Crippen molar-refractivity contribution in [2.75, 3.05) is 50.8 Å². The molecular formula is C12H25N3OS. The second kappa shape index (κ2) is 9.74. The number of carbonyl (C=O) groups excluding carboxylic acids is 1. The highest BCUT2D eigenvalue weighted by molar-refractivity contribution is 7.99. The van der Waals surface area contributed by atoms with Crippen molar-refractivity contribution in [3.8, 4) is 0 Å². The van der Waals surface area contributed by atoms with Gasteiger partial charge in [0.25, 0.3) is 0 Å². The Morgan fingerprint density at radius 1 is 1.29 bits per heavy atom. The van der Waals surface area contributed by atoms with Gasteiger partial charge in [0.05, 0.1) is 6.54 Å². The molecule has 1 aliphatic heterocycles. The van der Waals surface area contributed by atoms with E-state index in [2.05, 4.69) is 22.5 Å². The Kier molecular flexibility index (Phi) is 8.48. The molecule has 2 N–H and O–H groups in total. The molecule has 0 atom stereocenters. The maximum atomic E-state index is 11.4. The summed E-state index contributed by atoms with van der Waals surface area (Å²) in [6, 6.07) is 0. The van der Waals surface area contributed by atoms with Crippen LogP contribution in [0, 0.1) is 0 Å². The number of amides is 1. The molecule has 0 bridgehead atoms. The van der Waals surface area contributed by atoms with Crippen molar-refractivity contribution in [2.24, 2.45) is 0 Å². The molecule has 0 saturated carbocycles. The van der Waals surface area contributed by atoms with Gasteiger partial charge < -0.3 is 15.5 Å². The predicted octanol–water partition coefficient (Wildman–Crippen LogP) is 0.541. The molecule has 1 amide bonds. The molecule has 1 saturated heterocycles. The predicted molar refractivity (Wildman–Crippen MR) is 74.6 cm³/mol. The van der Waals surface area contributed by atoms with Gasteiger partial charge in [-0.15, -0.1) is 0 Å². The second-order valence-electron chi connectivity index (χ2n) is 4.33. The highest BCUT2D eigenvalue weighted by atomic mass is 32.2. The van der Waals surface area contributed by atoms with E-state index in [4.69, 9.17) is 0 Å². The van der Waals surface area contributed by atoms with Crippen LogP contribution in [0.3, 0.4) is 0 Å². The molecule has 0 aromatic heterocycles. The van der Waals surface area contributed by atoms with E-state index in [1.807, 2.05) is 11.8 Å². The number of hydrogen-bond acceptors (Lipinski definition) is 4. The molecule has 1 fully saturated rings. The van der Waals surface area contributed by atoms with Crippen molar-refractivity contribution >= 4 is 17.7 Å². The van der Waals surface area contributed by atoms with E-state index >= 15 is 0 Å². The third-order valence-corrected chi connectivity index (χ3v) is 3.79. The van der Waals surface area contributed by atoms with E-state index in [-0.39, 0.29) is 5.91 Å². The standard InChI is InChI=1S/C12H25N3OS/c1-2-3-4-14-12(16)11-13-5-6-15-7-9-17-10-8-15/h13H,2-11H2,1H3,(H,14,16). The van der Waals surface area contributed by atoms with E-state index in [1.54, 1.807) is 0 Å². The summed E-state index contributed by atoms with van der Waals surface area (Å²) in [4.78, 5) is 13.8. The third kappa shape index (κ3) is 7.63. The molecule has 17 heavy (non-hydrogen) atoms. The van der Waals surface area contributed by atoms with E-state index in [0.717, 1.165) is 32.5 Å². The largest absolute Gasteiger partial charge is 0.355 e. The molecule has 100 valence electrons.